The van der Waals surface area contributed by atoms with Gasteiger partial charge in [-0.1, -0.05) is 42.5 Å². The quantitative estimate of drug-likeness (QED) is 0.884. The van der Waals surface area contributed by atoms with Crippen LogP contribution in [0.1, 0.15) is 22.6 Å². The summed E-state index contributed by atoms with van der Waals surface area (Å²) in [6, 6.07) is 13.6. The first-order valence-electron chi connectivity index (χ1n) is 6.26. The summed E-state index contributed by atoms with van der Waals surface area (Å²) in [5, 5.41) is 18.7. The molecular formula is C16H14O3. The molecule has 1 aliphatic carbocycles. The Morgan fingerprint density at radius 2 is 1.79 bits per heavy atom. The van der Waals surface area contributed by atoms with Crippen LogP contribution in [0, 0.1) is 0 Å². The second-order valence-electron chi connectivity index (χ2n) is 4.77. The summed E-state index contributed by atoms with van der Waals surface area (Å²) in [7, 11) is 0. The zero-order chi connectivity index (χ0) is 13.4. The van der Waals surface area contributed by atoms with Gasteiger partial charge < -0.3 is 10.2 Å². The van der Waals surface area contributed by atoms with E-state index < -0.39 is 5.97 Å². The molecule has 19 heavy (non-hydrogen) atoms. The van der Waals surface area contributed by atoms with E-state index in [2.05, 4.69) is 0 Å². The van der Waals surface area contributed by atoms with Crippen LogP contribution in [0.2, 0.25) is 0 Å². The summed E-state index contributed by atoms with van der Waals surface area (Å²) in [6.45, 7) is 0.000641. The van der Waals surface area contributed by atoms with Crippen LogP contribution in [-0.4, -0.2) is 22.8 Å². The Balaban J connectivity index is 2.22. The van der Waals surface area contributed by atoms with Gasteiger partial charge in [-0.3, -0.25) is 4.79 Å². The number of carboxylic acids is 1. The molecular weight excluding hydrogens is 240 g/mol. The molecule has 0 heterocycles. The molecule has 1 unspecified atom stereocenters. The van der Waals surface area contributed by atoms with Gasteiger partial charge in [0.1, 0.15) is 0 Å². The van der Waals surface area contributed by atoms with Gasteiger partial charge in [-0.25, -0.2) is 0 Å². The van der Waals surface area contributed by atoms with E-state index in [0.29, 0.717) is 0 Å². The smallest absolute Gasteiger partial charge is 0.307 e. The molecule has 0 aromatic heterocycles. The van der Waals surface area contributed by atoms with E-state index in [1.807, 2.05) is 42.5 Å². The summed E-state index contributed by atoms with van der Waals surface area (Å²) in [6.07, 6.45) is -0.00629. The monoisotopic (exact) mass is 254 g/mol. The second kappa shape index (κ2) is 4.52. The Morgan fingerprint density at radius 1 is 1.05 bits per heavy atom. The van der Waals surface area contributed by atoms with Gasteiger partial charge in [0, 0.05) is 5.92 Å². The Bertz CT molecular complexity index is 646. The number of aliphatic hydroxyl groups excluding tert-OH is 1. The fraction of sp³-hybridized carbons (Fsp3) is 0.188. The standard InChI is InChI=1S/C16H14O3/c17-9-14-12-6-2-1-5-11(12)13-7-3-4-10(16(13)14)8-15(18)19/h1-7,14,17H,8-9H2,(H,18,19). The largest absolute Gasteiger partial charge is 0.481 e. The lowest BCUT2D eigenvalue weighted by Gasteiger charge is -2.13. The topological polar surface area (TPSA) is 57.5 Å². The lowest BCUT2D eigenvalue weighted by Crippen LogP contribution is -2.08. The van der Waals surface area contributed by atoms with Crippen molar-refractivity contribution in [3.05, 3.63) is 59.2 Å². The summed E-state index contributed by atoms with van der Waals surface area (Å²) in [4.78, 5) is 11.0. The maximum atomic E-state index is 11.0. The van der Waals surface area contributed by atoms with Crippen molar-refractivity contribution in [2.45, 2.75) is 12.3 Å². The molecule has 2 aromatic rings. The summed E-state index contributed by atoms with van der Waals surface area (Å²) < 4.78 is 0. The van der Waals surface area contributed by atoms with Gasteiger partial charge >= 0.3 is 5.97 Å². The number of fused-ring (bicyclic) bond motifs is 3. The minimum absolute atomic E-state index is 0.000641. The van der Waals surface area contributed by atoms with Gasteiger partial charge in [0.2, 0.25) is 0 Å². The van der Waals surface area contributed by atoms with Crippen molar-refractivity contribution in [1.29, 1.82) is 0 Å². The normalized spacial score (nSPS) is 15.9. The highest BCUT2D eigenvalue weighted by Crippen LogP contribution is 2.45. The van der Waals surface area contributed by atoms with Gasteiger partial charge in [0.15, 0.2) is 0 Å². The molecule has 0 saturated carbocycles. The Morgan fingerprint density at radius 3 is 2.53 bits per heavy atom. The third-order valence-electron chi connectivity index (χ3n) is 3.70. The molecule has 1 aliphatic rings. The lowest BCUT2D eigenvalue weighted by molar-refractivity contribution is -0.136. The molecule has 3 rings (SSSR count). The molecule has 3 nitrogen and oxygen atoms in total. The molecule has 1 atom stereocenters. The van der Waals surface area contributed by atoms with Crippen molar-refractivity contribution in [3.8, 4) is 11.1 Å². The van der Waals surface area contributed by atoms with Crippen molar-refractivity contribution in [3.63, 3.8) is 0 Å². The number of aliphatic hydroxyl groups is 1. The van der Waals surface area contributed by atoms with E-state index >= 15 is 0 Å². The van der Waals surface area contributed by atoms with E-state index in [1.165, 1.54) is 0 Å². The third-order valence-corrected chi connectivity index (χ3v) is 3.70. The first-order valence-corrected chi connectivity index (χ1v) is 6.26. The predicted molar refractivity (Wildman–Crippen MR) is 72.1 cm³/mol. The summed E-state index contributed by atoms with van der Waals surface area (Å²) in [5.74, 6) is -0.956. The molecule has 0 spiro atoms. The number of benzene rings is 2. The predicted octanol–water partition coefficient (Wildman–Crippen LogP) is 2.42. The van der Waals surface area contributed by atoms with Crippen molar-refractivity contribution < 1.29 is 15.0 Å². The zero-order valence-electron chi connectivity index (χ0n) is 10.3. The van der Waals surface area contributed by atoms with Crippen LogP contribution in [0.15, 0.2) is 42.5 Å². The van der Waals surface area contributed by atoms with E-state index in [-0.39, 0.29) is 18.9 Å². The second-order valence-corrected chi connectivity index (χ2v) is 4.77. The molecule has 2 N–H and O–H groups in total. The Hall–Kier alpha value is -2.13. The SMILES string of the molecule is O=C(O)Cc1cccc2c1C(CO)c1ccccc1-2. The molecule has 0 aliphatic heterocycles. The lowest BCUT2D eigenvalue weighted by atomic mass is 9.92. The van der Waals surface area contributed by atoms with Gasteiger partial charge in [0.25, 0.3) is 0 Å². The first kappa shape index (κ1) is 11.9. The Labute approximate surface area is 111 Å². The minimum Gasteiger partial charge on any atom is -0.481 e. The van der Waals surface area contributed by atoms with Crippen LogP contribution in [0.5, 0.6) is 0 Å². The van der Waals surface area contributed by atoms with Crippen LogP contribution in [-0.2, 0) is 11.2 Å². The molecule has 0 bridgehead atoms. The fourth-order valence-electron chi connectivity index (χ4n) is 2.97. The van der Waals surface area contributed by atoms with Gasteiger partial charge in [-0.15, -0.1) is 0 Å². The Kier molecular flexibility index (Phi) is 2.84. The minimum atomic E-state index is -0.846. The van der Waals surface area contributed by atoms with Crippen molar-refractivity contribution in [2.75, 3.05) is 6.61 Å². The first-order chi connectivity index (χ1) is 9.22. The molecule has 96 valence electrons. The number of carboxylic acid groups (broad SMARTS) is 1. The number of rotatable bonds is 3. The highest BCUT2D eigenvalue weighted by Gasteiger charge is 2.30. The van der Waals surface area contributed by atoms with Gasteiger partial charge in [-0.05, 0) is 27.8 Å². The third kappa shape index (κ3) is 1.83. The van der Waals surface area contributed by atoms with Crippen LogP contribution in [0.25, 0.3) is 11.1 Å². The molecule has 0 radical (unpaired) electrons. The number of aliphatic carboxylic acids is 1. The van der Waals surface area contributed by atoms with Crippen LogP contribution >= 0.6 is 0 Å². The number of hydrogen-bond donors (Lipinski definition) is 2. The van der Waals surface area contributed by atoms with Crippen LogP contribution in [0.4, 0.5) is 0 Å². The van der Waals surface area contributed by atoms with E-state index in [9.17, 15) is 9.90 Å². The van der Waals surface area contributed by atoms with E-state index in [4.69, 9.17) is 5.11 Å². The van der Waals surface area contributed by atoms with Crippen molar-refractivity contribution in [1.82, 2.24) is 0 Å². The molecule has 0 amide bonds. The number of hydrogen-bond acceptors (Lipinski definition) is 2. The van der Waals surface area contributed by atoms with Crippen molar-refractivity contribution >= 4 is 5.97 Å². The zero-order valence-corrected chi connectivity index (χ0v) is 10.3. The summed E-state index contributed by atoms with van der Waals surface area (Å²) in [5.41, 5.74) is 4.99. The maximum Gasteiger partial charge on any atom is 0.307 e. The van der Waals surface area contributed by atoms with Crippen LogP contribution < -0.4 is 0 Å². The average Bonchev–Trinajstić information content (AvgIpc) is 2.73. The van der Waals surface area contributed by atoms with E-state index in [0.717, 1.165) is 27.8 Å². The molecule has 0 saturated heterocycles. The maximum absolute atomic E-state index is 11.0. The van der Waals surface area contributed by atoms with Gasteiger partial charge in [-0.2, -0.15) is 0 Å². The average molecular weight is 254 g/mol. The number of carbonyl (C=O) groups is 1. The van der Waals surface area contributed by atoms with E-state index in [1.54, 1.807) is 0 Å². The molecule has 2 aromatic carbocycles. The fourth-order valence-corrected chi connectivity index (χ4v) is 2.97. The summed E-state index contributed by atoms with van der Waals surface area (Å²) >= 11 is 0. The highest BCUT2D eigenvalue weighted by atomic mass is 16.4. The van der Waals surface area contributed by atoms with Gasteiger partial charge in [0.05, 0.1) is 13.0 Å². The molecule has 0 fully saturated rings. The van der Waals surface area contributed by atoms with Crippen molar-refractivity contribution in [2.24, 2.45) is 0 Å². The molecule has 3 heteroatoms. The van der Waals surface area contributed by atoms with Crippen LogP contribution in [0.3, 0.4) is 0 Å². The highest BCUT2D eigenvalue weighted by molar-refractivity contribution is 5.82.